The van der Waals surface area contributed by atoms with E-state index in [1.165, 1.54) is 11.3 Å². The number of carbonyl (C=O) groups is 1. The standard InChI is InChI=1S/C14H16ClN3OS/c1-9(7-16)18(2)14(19)12-8-20-13(17-12)10-5-3-4-6-11(10)15/h3-6,8-9H,7,16H2,1-2H3. The van der Waals surface area contributed by atoms with E-state index < -0.39 is 0 Å². The summed E-state index contributed by atoms with van der Waals surface area (Å²) in [5.41, 5.74) is 6.84. The van der Waals surface area contributed by atoms with E-state index in [-0.39, 0.29) is 11.9 Å². The summed E-state index contributed by atoms with van der Waals surface area (Å²) in [5.74, 6) is -0.127. The van der Waals surface area contributed by atoms with Crippen molar-refractivity contribution in [3.05, 3.63) is 40.4 Å². The Morgan fingerprint density at radius 2 is 2.20 bits per heavy atom. The highest BCUT2D eigenvalue weighted by atomic mass is 35.5. The van der Waals surface area contributed by atoms with Crippen LogP contribution >= 0.6 is 22.9 Å². The van der Waals surface area contributed by atoms with E-state index in [1.54, 1.807) is 17.3 Å². The van der Waals surface area contributed by atoms with Crippen LogP contribution in [0, 0.1) is 0 Å². The van der Waals surface area contributed by atoms with E-state index in [0.29, 0.717) is 17.3 Å². The maximum atomic E-state index is 12.3. The number of amides is 1. The molecule has 0 aliphatic carbocycles. The molecule has 1 unspecified atom stereocenters. The average molecular weight is 310 g/mol. The number of hydrogen-bond acceptors (Lipinski definition) is 4. The Labute approximate surface area is 127 Å². The molecule has 0 radical (unpaired) electrons. The Morgan fingerprint density at radius 3 is 2.85 bits per heavy atom. The maximum absolute atomic E-state index is 12.3. The molecule has 0 saturated heterocycles. The second-order valence-corrected chi connectivity index (χ2v) is 5.78. The van der Waals surface area contributed by atoms with E-state index in [0.717, 1.165) is 10.6 Å². The zero-order valence-corrected chi connectivity index (χ0v) is 12.9. The molecule has 0 saturated carbocycles. The fourth-order valence-corrected chi connectivity index (χ4v) is 2.78. The lowest BCUT2D eigenvalue weighted by molar-refractivity contribution is 0.0743. The van der Waals surface area contributed by atoms with Crippen LogP contribution in [0.5, 0.6) is 0 Å². The third-order valence-electron chi connectivity index (χ3n) is 3.15. The van der Waals surface area contributed by atoms with Gasteiger partial charge in [0.25, 0.3) is 5.91 Å². The van der Waals surface area contributed by atoms with Crippen molar-refractivity contribution in [2.75, 3.05) is 13.6 Å². The van der Waals surface area contributed by atoms with Gasteiger partial charge in [-0.1, -0.05) is 29.8 Å². The van der Waals surface area contributed by atoms with E-state index in [4.69, 9.17) is 17.3 Å². The lowest BCUT2D eigenvalue weighted by Gasteiger charge is -2.22. The van der Waals surface area contributed by atoms with Crippen LogP contribution in [-0.4, -0.2) is 35.4 Å². The third-order valence-corrected chi connectivity index (χ3v) is 4.36. The predicted molar refractivity (Wildman–Crippen MR) is 83.2 cm³/mol. The highest BCUT2D eigenvalue weighted by Crippen LogP contribution is 2.30. The maximum Gasteiger partial charge on any atom is 0.273 e. The Morgan fingerprint density at radius 1 is 1.50 bits per heavy atom. The summed E-state index contributed by atoms with van der Waals surface area (Å²) in [7, 11) is 1.73. The average Bonchev–Trinajstić information content (AvgIpc) is 2.94. The van der Waals surface area contributed by atoms with Gasteiger partial charge in [0.15, 0.2) is 0 Å². The first-order chi connectivity index (χ1) is 9.54. The molecule has 1 aromatic heterocycles. The number of aromatic nitrogens is 1. The first-order valence-electron chi connectivity index (χ1n) is 6.22. The minimum Gasteiger partial charge on any atom is -0.336 e. The summed E-state index contributed by atoms with van der Waals surface area (Å²) >= 11 is 7.55. The van der Waals surface area contributed by atoms with E-state index in [9.17, 15) is 4.79 Å². The normalized spacial score (nSPS) is 12.2. The van der Waals surface area contributed by atoms with Crippen molar-refractivity contribution >= 4 is 28.8 Å². The number of thiazole rings is 1. The third kappa shape index (κ3) is 3.00. The van der Waals surface area contributed by atoms with Gasteiger partial charge in [-0.2, -0.15) is 0 Å². The summed E-state index contributed by atoms with van der Waals surface area (Å²) < 4.78 is 0. The molecule has 0 spiro atoms. The first kappa shape index (κ1) is 15.0. The molecule has 1 amide bonds. The van der Waals surface area contributed by atoms with Crippen molar-refractivity contribution in [2.24, 2.45) is 5.73 Å². The second-order valence-electron chi connectivity index (χ2n) is 4.52. The zero-order valence-electron chi connectivity index (χ0n) is 11.3. The lowest BCUT2D eigenvalue weighted by Crippen LogP contribution is -2.39. The molecular weight excluding hydrogens is 294 g/mol. The number of rotatable bonds is 4. The van der Waals surface area contributed by atoms with Crippen LogP contribution in [0.1, 0.15) is 17.4 Å². The van der Waals surface area contributed by atoms with Crippen LogP contribution < -0.4 is 5.73 Å². The summed E-state index contributed by atoms with van der Waals surface area (Å²) in [5, 5.41) is 3.12. The number of hydrogen-bond donors (Lipinski definition) is 1. The molecule has 20 heavy (non-hydrogen) atoms. The van der Waals surface area contributed by atoms with Crippen molar-refractivity contribution in [2.45, 2.75) is 13.0 Å². The fourth-order valence-electron chi connectivity index (χ4n) is 1.67. The molecule has 0 aliphatic rings. The largest absolute Gasteiger partial charge is 0.336 e. The smallest absolute Gasteiger partial charge is 0.273 e. The molecule has 2 N–H and O–H groups in total. The van der Waals surface area contributed by atoms with Gasteiger partial charge in [0.05, 0.1) is 5.02 Å². The molecule has 1 heterocycles. The molecule has 6 heteroatoms. The Balaban J connectivity index is 2.26. The number of nitrogens with two attached hydrogens (primary N) is 1. The van der Waals surface area contributed by atoms with E-state index >= 15 is 0 Å². The van der Waals surface area contributed by atoms with Crippen LogP contribution in [0.15, 0.2) is 29.6 Å². The monoisotopic (exact) mass is 309 g/mol. The van der Waals surface area contributed by atoms with Crippen molar-refractivity contribution in [1.82, 2.24) is 9.88 Å². The van der Waals surface area contributed by atoms with Crippen molar-refractivity contribution in [1.29, 1.82) is 0 Å². The van der Waals surface area contributed by atoms with E-state index in [1.807, 2.05) is 31.2 Å². The van der Waals surface area contributed by atoms with Gasteiger partial charge in [-0.3, -0.25) is 4.79 Å². The molecule has 0 fully saturated rings. The SMILES string of the molecule is CC(CN)N(C)C(=O)c1csc(-c2ccccc2Cl)n1. The highest BCUT2D eigenvalue weighted by molar-refractivity contribution is 7.13. The predicted octanol–water partition coefficient (Wildman–Crippen LogP) is 2.88. The van der Waals surface area contributed by atoms with Gasteiger partial charge in [0.2, 0.25) is 0 Å². The second kappa shape index (κ2) is 6.35. The molecule has 1 aromatic carbocycles. The van der Waals surface area contributed by atoms with Gasteiger partial charge in [-0.15, -0.1) is 11.3 Å². The number of carbonyl (C=O) groups excluding carboxylic acids is 1. The molecule has 0 bridgehead atoms. The van der Waals surface area contributed by atoms with Crippen LogP contribution in [0.3, 0.4) is 0 Å². The minimum absolute atomic E-state index is 0.0204. The van der Waals surface area contributed by atoms with Crippen LogP contribution in [0.2, 0.25) is 5.02 Å². The van der Waals surface area contributed by atoms with Gasteiger partial charge in [0, 0.05) is 30.6 Å². The zero-order chi connectivity index (χ0) is 14.7. The summed E-state index contributed by atoms with van der Waals surface area (Å²) in [4.78, 5) is 18.2. The topological polar surface area (TPSA) is 59.2 Å². The molecular formula is C14H16ClN3OS. The quantitative estimate of drug-likeness (QED) is 0.944. The number of likely N-dealkylation sites (N-methyl/N-ethyl adjacent to an activating group) is 1. The highest BCUT2D eigenvalue weighted by Gasteiger charge is 2.19. The lowest BCUT2D eigenvalue weighted by atomic mass is 10.2. The number of nitrogens with zero attached hydrogens (tertiary/aromatic N) is 2. The van der Waals surface area contributed by atoms with Crippen LogP contribution in [-0.2, 0) is 0 Å². The molecule has 1 atom stereocenters. The molecule has 2 rings (SSSR count). The first-order valence-corrected chi connectivity index (χ1v) is 7.48. The van der Waals surface area contributed by atoms with Gasteiger partial charge in [0.1, 0.15) is 10.7 Å². The fraction of sp³-hybridized carbons (Fsp3) is 0.286. The summed E-state index contributed by atoms with van der Waals surface area (Å²) in [6.07, 6.45) is 0. The Kier molecular flexibility index (Phi) is 4.75. The van der Waals surface area contributed by atoms with Gasteiger partial charge >= 0.3 is 0 Å². The van der Waals surface area contributed by atoms with Gasteiger partial charge in [-0.25, -0.2) is 4.98 Å². The molecule has 4 nitrogen and oxygen atoms in total. The summed E-state index contributed by atoms with van der Waals surface area (Å²) in [6.45, 7) is 2.32. The van der Waals surface area contributed by atoms with Gasteiger partial charge in [-0.05, 0) is 13.0 Å². The Hall–Kier alpha value is -1.43. The van der Waals surface area contributed by atoms with E-state index in [2.05, 4.69) is 4.98 Å². The van der Waals surface area contributed by atoms with Crippen LogP contribution in [0.4, 0.5) is 0 Å². The minimum atomic E-state index is -0.127. The Bertz CT molecular complexity index is 614. The van der Waals surface area contributed by atoms with Gasteiger partial charge < -0.3 is 10.6 Å². The van der Waals surface area contributed by atoms with Crippen molar-refractivity contribution in [3.63, 3.8) is 0 Å². The molecule has 106 valence electrons. The van der Waals surface area contributed by atoms with Crippen LogP contribution in [0.25, 0.3) is 10.6 Å². The summed E-state index contributed by atoms with van der Waals surface area (Å²) in [6, 6.07) is 7.44. The van der Waals surface area contributed by atoms with Crippen molar-refractivity contribution < 1.29 is 4.79 Å². The number of halogens is 1. The number of benzene rings is 1. The van der Waals surface area contributed by atoms with Crippen molar-refractivity contribution in [3.8, 4) is 10.6 Å². The molecule has 2 aromatic rings. The molecule has 0 aliphatic heterocycles.